The van der Waals surface area contributed by atoms with E-state index >= 15 is 0 Å². The van der Waals surface area contributed by atoms with Gasteiger partial charge in [-0.1, -0.05) is 6.07 Å². The number of nitrogens with zero attached hydrogens (tertiary/aromatic N) is 4. The largest absolute Gasteiger partial charge is 0.497 e. The van der Waals surface area contributed by atoms with Gasteiger partial charge < -0.3 is 19.9 Å². The highest BCUT2D eigenvalue weighted by Gasteiger charge is 2.20. The third-order valence-electron chi connectivity index (χ3n) is 5.11. The molecule has 2 heterocycles. The number of nitrogens with one attached hydrogen (secondary N) is 1. The molecule has 1 aromatic carbocycles. The van der Waals surface area contributed by atoms with E-state index < -0.39 is 0 Å². The first-order chi connectivity index (χ1) is 13.7. The molecule has 0 saturated carbocycles. The van der Waals surface area contributed by atoms with Gasteiger partial charge in [0, 0.05) is 63.4 Å². The van der Waals surface area contributed by atoms with Crippen molar-refractivity contribution in [3.63, 3.8) is 0 Å². The highest BCUT2D eigenvalue weighted by Crippen LogP contribution is 2.22. The van der Waals surface area contributed by atoms with Gasteiger partial charge in [-0.15, -0.1) is 0 Å². The predicted octanol–water partition coefficient (Wildman–Crippen LogP) is 2.73. The van der Waals surface area contributed by atoms with E-state index in [0.29, 0.717) is 0 Å². The molecule has 0 atom stereocenters. The maximum atomic E-state index is 5.36. The number of aliphatic imine (C=N–C) groups is 1. The monoisotopic (exact) mass is 381 g/mol. The molecule has 0 amide bonds. The fourth-order valence-electron chi connectivity index (χ4n) is 3.47. The highest BCUT2D eigenvalue weighted by molar-refractivity contribution is 5.80. The summed E-state index contributed by atoms with van der Waals surface area (Å²) in [6, 6.07) is 10.4. The fraction of sp³-hybridized carbons (Fsp3) is 0.455. The number of guanidine groups is 1. The molecule has 0 aliphatic carbocycles. The number of piperazine rings is 1. The summed E-state index contributed by atoms with van der Waals surface area (Å²) in [7, 11) is 1.71. The van der Waals surface area contributed by atoms with Crippen LogP contribution in [0.25, 0.3) is 0 Å². The van der Waals surface area contributed by atoms with Gasteiger partial charge in [0.05, 0.1) is 7.11 Å². The number of hydrogen-bond donors (Lipinski definition) is 1. The lowest BCUT2D eigenvalue weighted by molar-refractivity contribution is 0.372. The van der Waals surface area contributed by atoms with Gasteiger partial charge in [-0.05, 0) is 49.6 Å². The van der Waals surface area contributed by atoms with Crippen molar-refractivity contribution in [3.05, 3.63) is 53.9 Å². The van der Waals surface area contributed by atoms with E-state index in [-0.39, 0.29) is 0 Å². The summed E-state index contributed by atoms with van der Waals surface area (Å²) in [6.45, 7) is 9.74. The van der Waals surface area contributed by atoms with Crippen LogP contribution in [0.15, 0.2) is 47.7 Å². The van der Waals surface area contributed by atoms with Gasteiger partial charge in [-0.25, -0.2) is 0 Å². The van der Waals surface area contributed by atoms with Crippen LogP contribution in [0.2, 0.25) is 0 Å². The Balaban J connectivity index is 1.58. The van der Waals surface area contributed by atoms with Crippen LogP contribution in [0.3, 0.4) is 0 Å². The highest BCUT2D eigenvalue weighted by atomic mass is 16.5. The Morgan fingerprint density at radius 2 is 2.04 bits per heavy atom. The van der Waals surface area contributed by atoms with Crippen molar-refractivity contribution >= 4 is 11.6 Å². The minimum Gasteiger partial charge on any atom is -0.497 e. The second-order valence-electron chi connectivity index (χ2n) is 6.96. The number of rotatable bonds is 6. The second-order valence-corrected chi connectivity index (χ2v) is 6.96. The summed E-state index contributed by atoms with van der Waals surface area (Å²) < 4.78 is 5.36. The van der Waals surface area contributed by atoms with E-state index in [9.17, 15) is 0 Å². The first-order valence-electron chi connectivity index (χ1n) is 10.0. The number of ether oxygens (including phenoxy) is 1. The van der Waals surface area contributed by atoms with Gasteiger partial charge in [-0.3, -0.25) is 9.98 Å². The molecule has 150 valence electrons. The summed E-state index contributed by atoms with van der Waals surface area (Å²) in [4.78, 5) is 13.8. The summed E-state index contributed by atoms with van der Waals surface area (Å²) in [5, 5.41) is 3.45. The maximum absolute atomic E-state index is 5.36. The van der Waals surface area contributed by atoms with Crippen molar-refractivity contribution in [2.45, 2.75) is 20.3 Å². The molecule has 0 radical (unpaired) electrons. The molecule has 6 nitrogen and oxygen atoms in total. The number of benzene rings is 1. The van der Waals surface area contributed by atoms with Crippen molar-refractivity contribution in [1.82, 2.24) is 15.2 Å². The number of aromatic nitrogens is 1. The number of anilines is 1. The van der Waals surface area contributed by atoms with Gasteiger partial charge in [0.1, 0.15) is 5.75 Å². The summed E-state index contributed by atoms with van der Waals surface area (Å²) in [5.74, 6) is 1.92. The molecule has 0 unspecified atom stereocenters. The molecule has 6 heteroatoms. The van der Waals surface area contributed by atoms with Crippen LogP contribution in [0.4, 0.5) is 5.69 Å². The van der Waals surface area contributed by atoms with Crippen molar-refractivity contribution in [2.24, 2.45) is 4.99 Å². The van der Waals surface area contributed by atoms with Crippen LogP contribution in [0.1, 0.15) is 18.1 Å². The lowest BCUT2D eigenvalue weighted by Crippen LogP contribution is -2.52. The Morgan fingerprint density at radius 3 is 2.75 bits per heavy atom. The Hall–Kier alpha value is -2.76. The van der Waals surface area contributed by atoms with Gasteiger partial charge in [-0.2, -0.15) is 0 Å². The van der Waals surface area contributed by atoms with Gasteiger partial charge in [0.25, 0.3) is 0 Å². The van der Waals surface area contributed by atoms with E-state index in [0.717, 1.165) is 57.4 Å². The molecule has 0 bridgehead atoms. The van der Waals surface area contributed by atoms with Gasteiger partial charge in [0.2, 0.25) is 0 Å². The summed E-state index contributed by atoms with van der Waals surface area (Å²) >= 11 is 0. The lowest BCUT2D eigenvalue weighted by atomic mass is 10.1. The SMILES string of the molecule is CCNC(=NCCc1ccncc1C)N1CCN(c2cccc(OC)c2)CC1. The van der Waals surface area contributed by atoms with Crippen molar-refractivity contribution in [3.8, 4) is 5.75 Å². The van der Waals surface area contributed by atoms with Crippen molar-refractivity contribution in [2.75, 3.05) is 51.3 Å². The van der Waals surface area contributed by atoms with Crippen molar-refractivity contribution in [1.29, 1.82) is 0 Å². The van der Waals surface area contributed by atoms with E-state index in [1.54, 1.807) is 7.11 Å². The average molecular weight is 382 g/mol. The van der Waals surface area contributed by atoms with Crippen molar-refractivity contribution < 1.29 is 4.74 Å². The molecule has 0 spiro atoms. The molecule has 28 heavy (non-hydrogen) atoms. The van der Waals surface area contributed by atoms with Crippen LogP contribution < -0.4 is 15.0 Å². The third-order valence-corrected chi connectivity index (χ3v) is 5.11. The quantitative estimate of drug-likeness (QED) is 0.616. The number of pyridine rings is 1. The normalized spacial score (nSPS) is 14.9. The second kappa shape index (κ2) is 9.97. The molecule has 1 N–H and O–H groups in total. The molecule has 1 aromatic heterocycles. The minimum atomic E-state index is 0.781. The molecule has 2 aromatic rings. The molecular formula is C22H31N5O. The fourth-order valence-corrected chi connectivity index (χ4v) is 3.47. The van der Waals surface area contributed by atoms with Crippen LogP contribution in [-0.2, 0) is 6.42 Å². The Kier molecular flexibility index (Phi) is 7.12. The molecule has 1 aliphatic heterocycles. The van der Waals surface area contributed by atoms with E-state index in [1.807, 2.05) is 24.5 Å². The Morgan fingerprint density at radius 1 is 1.21 bits per heavy atom. The Labute approximate surface area is 168 Å². The van der Waals surface area contributed by atoms with E-state index in [1.165, 1.54) is 16.8 Å². The molecule has 1 aliphatic rings. The zero-order valence-electron chi connectivity index (χ0n) is 17.2. The molecular weight excluding hydrogens is 350 g/mol. The van der Waals surface area contributed by atoms with Gasteiger partial charge >= 0.3 is 0 Å². The first-order valence-corrected chi connectivity index (χ1v) is 10.0. The number of methoxy groups -OCH3 is 1. The van der Waals surface area contributed by atoms with Gasteiger partial charge in [0.15, 0.2) is 5.96 Å². The molecule has 1 saturated heterocycles. The average Bonchev–Trinajstić information content (AvgIpc) is 2.74. The smallest absolute Gasteiger partial charge is 0.194 e. The standard InChI is InChI=1S/C22H31N5O/c1-4-24-22(25-11-9-19-8-10-23-17-18(19)2)27-14-12-26(13-15-27)20-6-5-7-21(16-20)28-3/h5-8,10,16-17H,4,9,11-15H2,1-3H3,(H,24,25). The first kappa shape index (κ1) is 20.0. The predicted molar refractivity (Wildman–Crippen MR) is 115 cm³/mol. The summed E-state index contributed by atoms with van der Waals surface area (Å²) in [5.41, 5.74) is 3.76. The van der Waals surface area contributed by atoms with E-state index in [4.69, 9.17) is 9.73 Å². The zero-order valence-corrected chi connectivity index (χ0v) is 17.2. The Bertz CT molecular complexity index is 784. The minimum absolute atomic E-state index is 0.781. The van der Waals surface area contributed by atoms with Crippen LogP contribution in [-0.4, -0.2) is 62.2 Å². The number of hydrogen-bond acceptors (Lipinski definition) is 4. The zero-order chi connectivity index (χ0) is 19.8. The van der Waals surface area contributed by atoms with E-state index in [2.05, 4.69) is 52.1 Å². The molecule has 3 rings (SSSR count). The van der Waals surface area contributed by atoms with Crippen LogP contribution in [0.5, 0.6) is 5.75 Å². The molecule has 1 fully saturated rings. The van der Waals surface area contributed by atoms with Crippen LogP contribution >= 0.6 is 0 Å². The lowest BCUT2D eigenvalue weighted by Gasteiger charge is -2.37. The maximum Gasteiger partial charge on any atom is 0.194 e. The number of aryl methyl sites for hydroxylation is 1. The third kappa shape index (κ3) is 5.15. The summed E-state index contributed by atoms with van der Waals surface area (Å²) in [6.07, 6.45) is 4.71. The van der Waals surface area contributed by atoms with Crippen LogP contribution in [0, 0.1) is 6.92 Å². The topological polar surface area (TPSA) is 53.0 Å².